The third kappa shape index (κ3) is 3.45. The molecule has 0 saturated heterocycles. The summed E-state index contributed by atoms with van der Waals surface area (Å²) in [4.78, 5) is 6.33. The Hall–Kier alpha value is -3.32. The zero-order chi connectivity index (χ0) is 20.5. The lowest BCUT2D eigenvalue weighted by Crippen LogP contribution is -2.10. The predicted molar refractivity (Wildman–Crippen MR) is 108 cm³/mol. The molecule has 2 aromatic carbocycles. The van der Waals surface area contributed by atoms with E-state index in [9.17, 15) is 8.78 Å². The van der Waals surface area contributed by atoms with E-state index in [1.807, 2.05) is 38.4 Å². The van der Waals surface area contributed by atoms with Gasteiger partial charge in [0, 0.05) is 18.3 Å². The topological polar surface area (TPSA) is 43.2 Å². The van der Waals surface area contributed by atoms with Crippen LogP contribution >= 0.6 is 0 Å². The molecule has 0 unspecified atom stereocenters. The number of hydrogen-bond acceptors (Lipinski definition) is 4. The standard InChI is InChI=1S/C22H20F2N4O/c1-27(2)13-14-6-4-7-15(12-14)20-19-18(10-11-25-22(19)29-3)28(26-20)21-16(23)8-5-9-17(21)24/h4-12H,13H2,1-3H3. The lowest BCUT2D eigenvalue weighted by Gasteiger charge is -2.10. The van der Waals surface area contributed by atoms with E-state index < -0.39 is 11.6 Å². The fraction of sp³-hybridized carbons (Fsp3) is 0.182. The monoisotopic (exact) mass is 394 g/mol. The molecule has 0 bridgehead atoms. The second kappa shape index (κ2) is 7.60. The smallest absolute Gasteiger partial charge is 0.224 e. The number of fused-ring (bicyclic) bond motifs is 1. The predicted octanol–water partition coefficient (Wildman–Crippen LogP) is 4.44. The van der Waals surface area contributed by atoms with Crippen molar-refractivity contribution < 1.29 is 13.5 Å². The van der Waals surface area contributed by atoms with Crippen LogP contribution in [-0.4, -0.2) is 40.9 Å². The van der Waals surface area contributed by atoms with Gasteiger partial charge in [-0.25, -0.2) is 18.4 Å². The Balaban J connectivity index is 2.01. The quantitative estimate of drug-likeness (QED) is 0.502. The van der Waals surface area contributed by atoms with Crippen LogP contribution in [-0.2, 0) is 6.54 Å². The molecule has 0 N–H and O–H groups in total. The summed E-state index contributed by atoms with van der Waals surface area (Å²) < 4.78 is 35.7. The third-order valence-electron chi connectivity index (χ3n) is 4.60. The minimum atomic E-state index is -0.696. The van der Waals surface area contributed by atoms with Gasteiger partial charge in [-0.15, -0.1) is 0 Å². The molecule has 0 amide bonds. The fourth-order valence-electron chi connectivity index (χ4n) is 3.44. The fourth-order valence-corrected chi connectivity index (χ4v) is 3.44. The molecule has 2 aromatic heterocycles. The number of aromatic nitrogens is 3. The first kappa shape index (κ1) is 19.0. The summed E-state index contributed by atoms with van der Waals surface area (Å²) in [6.45, 7) is 0.754. The van der Waals surface area contributed by atoms with Crippen molar-refractivity contribution in [2.75, 3.05) is 21.2 Å². The first-order valence-electron chi connectivity index (χ1n) is 9.09. The second-order valence-corrected chi connectivity index (χ2v) is 6.98. The van der Waals surface area contributed by atoms with E-state index in [2.05, 4.69) is 15.0 Å². The van der Waals surface area contributed by atoms with Crippen LogP contribution < -0.4 is 4.74 Å². The number of pyridine rings is 1. The first-order valence-corrected chi connectivity index (χ1v) is 9.09. The van der Waals surface area contributed by atoms with Gasteiger partial charge in [-0.05, 0) is 43.9 Å². The SMILES string of the molecule is COc1nccc2c1c(-c1cccc(CN(C)C)c1)nn2-c1c(F)cccc1F. The van der Waals surface area contributed by atoms with E-state index in [4.69, 9.17) is 4.74 Å². The summed E-state index contributed by atoms with van der Waals surface area (Å²) in [5.74, 6) is -1.05. The van der Waals surface area contributed by atoms with Crippen LogP contribution in [0.4, 0.5) is 8.78 Å². The molecule has 0 saturated carbocycles. The molecule has 0 atom stereocenters. The molecule has 4 rings (SSSR count). The lowest BCUT2D eigenvalue weighted by molar-refractivity contribution is 0.402. The number of rotatable bonds is 5. The lowest BCUT2D eigenvalue weighted by atomic mass is 10.1. The minimum Gasteiger partial charge on any atom is -0.480 e. The molecule has 0 fully saturated rings. The van der Waals surface area contributed by atoms with Crippen molar-refractivity contribution in [3.8, 4) is 22.8 Å². The van der Waals surface area contributed by atoms with Gasteiger partial charge in [-0.3, -0.25) is 0 Å². The summed E-state index contributed by atoms with van der Waals surface area (Å²) in [6, 6.07) is 13.3. The molecular formula is C22H20F2N4O. The van der Waals surface area contributed by atoms with Gasteiger partial charge in [-0.2, -0.15) is 5.10 Å². The van der Waals surface area contributed by atoms with Gasteiger partial charge in [0.1, 0.15) is 11.4 Å². The number of halogens is 2. The van der Waals surface area contributed by atoms with Crippen LogP contribution in [0.2, 0.25) is 0 Å². The number of methoxy groups -OCH3 is 1. The van der Waals surface area contributed by atoms with E-state index in [-0.39, 0.29) is 5.69 Å². The van der Waals surface area contributed by atoms with Crippen molar-refractivity contribution in [1.29, 1.82) is 0 Å². The Morgan fingerprint density at radius 2 is 1.76 bits per heavy atom. The Bertz CT molecular complexity index is 1170. The maximum Gasteiger partial charge on any atom is 0.224 e. The van der Waals surface area contributed by atoms with Gasteiger partial charge in [0.2, 0.25) is 5.88 Å². The van der Waals surface area contributed by atoms with Crippen LogP contribution in [0, 0.1) is 11.6 Å². The van der Waals surface area contributed by atoms with Crippen molar-refractivity contribution in [3.63, 3.8) is 0 Å². The molecule has 7 heteroatoms. The number of benzene rings is 2. The molecule has 29 heavy (non-hydrogen) atoms. The molecule has 2 heterocycles. The number of hydrogen-bond donors (Lipinski definition) is 0. The molecule has 0 spiro atoms. The van der Waals surface area contributed by atoms with Crippen molar-refractivity contribution in [1.82, 2.24) is 19.7 Å². The molecule has 0 radical (unpaired) electrons. The highest BCUT2D eigenvalue weighted by atomic mass is 19.1. The zero-order valence-corrected chi connectivity index (χ0v) is 16.4. The second-order valence-electron chi connectivity index (χ2n) is 6.98. The summed E-state index contributed by atoms with van der Waals surface area (Å²) in [7, 11) is 5.49. The van der Waals surface area contributed by atoms with Crippen LogP contribution in [0.1, 0.15) is 5.56 Å². The Morgan fingerprint density at radius 1 is 1.03 bits per heavy atom. The average Bonchev–Trinajstić information content (AvgIpc) is 3.07. The number of ether oxygens (including phenoxy) is 1. The van der Waals surface area contributed by atoms with Gasteiger partial charge in [-0.1, -0.05) is 24.3 Å². The van der Waals surface area contributed by atoms with E-state index in [0.29, 0.717) is 22.5 Å². The molecule has 0 aliphatic carbocycles. The maximum absolute atomic E-state index is 14.5. The highest BCUT2D eigenvalue weighted by Gasteiger charge is 2.22. The zero-order valence-electron chi connectivity index (χ0n) is 16.4. The van der Waals surface area contributed by atoms with Gasteiger partial charge in [0.25, 0.3) is 0 Å². The highest BCUT2D eigenvalue weighted by Crippen LogP contribution is 2.36. The first-order chi connectivity index (χ1) is 14.0. The van der Waals surface area contributed by atoms with Crippen molar-refractivity contribution in [3.05, 3.63) is 71.9 Å². The Morgan fingerprint density at radius 3 is 2.45 bits per heavy atom. The highest BCUT2D eigenvalue weighted by molar-refractivity contribution is 5.97. The maximum atomic E-state index is 14.5. The van der Waals surface area contributed by atoms with Crippen molar-refractivity contribution in [2.24, 2.45) is 0 Å². The summed E-state index contributed by atoms with van der Waals surface area (Å²) in [6.07, 6.45) is 1.53. The Labute approximate surface area is 167 Å². The van der Waals surface area contributed by atoms with Crippen LogP contribution in [0.3, 0.4) is 0 Å². The van der Waals surface area contributed by atoms with Crippen LogP contribution in [0.15, 0.2) is 54.7 Å². The van der Waals surface area contributed by atoms with Gasteiger partial charge in [0.05, 0.1) is 18.0 Å². The third-order valence-corrected chi connectivity index (χ3v) is 4.60. The number of nitrogens with zero attached hydrogens (tertiary/aromatic N) is 4. The molecule has 0 aliphatic rings. The van der Waals surface area contributed by atoms with Gasteiger partial charge < -0.3 is 9.64 Å². The molecular weight excluding hydrogens is 374 g/mol. The Kier molecular flexibility index (Phi) is 4.98. The summed E-state index contributed by atoms with van der Waals surface area (Å²) in [5, 5.41) is 5.18. The largest absolute Gasteiger partial charge is 0.480 e. The molecule has 5 nitrogen and oxygen atoms in total. The van der Waals surface area contributed by atoms with Crippen LogP contribution in [0.5, 0.6) is 5.88 Å². The average molecular weight is 394 g/mol. The van der Waals surface area contributed by atoms with Crippen molar-refractivity contribution >= 4 is 10.9 Å². The summed E-state index contributed by atoms with van der Waals surface area (Å²) in [5.41, 5.74) is 2.73. The normalized spacial score (nSPS) is 11.4. The van der Waals surface area contributed by atoms with E-state index in [1.165, 1.54) is 36.2 Å². The van der Waals surface area contributed by atoms with Crippen molar-refractivity contribution in [2.45, 2.75) is 6.54 Å². The number of para-hydroxylation sites is 1. The molecule has 148 valence electrons. The van der Waals surface area contributed by atoms with Gasteiger partial charge in [0.15, 0.2) is 11.6 Å². The van der Waals surface area contributed by atoms with Gasteiger partial charge >= 0.3 is 0 Å². The van der Waals surface area contributed by atoms with E-state index in [1.54, 1.807) is 6.07 Å². The molecule has 4 aromatic rings. The molecule has 0 aliphatic heterocycles. The summed E-state index contributed by atoms with van der Waals surface area (Å²) >= 11 is 0. The minimum absolute atomic E-state index is 0.235. The van der Waals surface area contributed by atoms with E-state index >= 15 is 0 Å². The van der Waals surface area contributed by atoms with Crippen LogP contribution in [0.25, 0.3) is 27.8 Å². The van der Waals surface area contributed by atoms with E-state index in [0.717, 1.165) is 17.7 Å².